The summed E-state index contributed by atoms with van der Waals surface area (Å²) >= 11 is 5.97. The summed E-state index contributed by atoms with van der Waals surface area (Å²) in [5, 5.41) is 5.87. The molecule has 0 aliphatic heterocycles. The number of anilines is 2. The fourth-order valence-corrected chi connectivity index (χ4v) is 2.73. The third-order valence-electron chi connectivity index (χ3n) is 3.83. The number of carbonyl (C=O) groups excluding carboxylic acids is 2. The van der Waals surface area contributed by atoms with Gasteiger partial charge in [0.1, 0.15) is 5.75 Å². The highest BCUT2D eigenvalue weighted by Gasteiger charge is 2.11. The molecule has 0 bridgehead atoms. The summed E-state index contributed by atoms with van der Waals surface area (Å²) in [5.41, 5.74) is 2.01. The third-order valence-corrected chi connectivity index (χ3v) is 4.06. The van der Waals surface area contributed by atoms with E-state index in [0.717, 1.165) is 0 Å². The van der Waals surface area contributed by atoms with Crippen LogP contribution in [0.4, 0.5) is 16.2 Å². The van der Waals surface area contributed by atoms with Crippen LogP contribution in [0.15, 0.2) is 72.8 Å². The van der Waals surface area contributed by atoms with Crippen molar-refractivity contribution < 1.29 is 14.3 Å². The normalized spacial score (nSPS) is 10.1. The molecule has 0 saturated heterocycles. The van der Waals surface area contributed by atoms with Crippen molar-refractivity contribution in [2.45, 2.75) is 0 Å². The molecule has 2 N–H and O–H groups in total. The molecule has 0 radical (unpaired) electrons. The minimum absolute atomic E-state index is 0.115. The second kappa shape index (κ2) is 8.38. The van der Waals surface area contributed by atoms with E-state index in [9.17, 15) is 9.59 Å². The highest BCUT2D eigenvalue weighted by Crippen LogP contribution is 2.27. The standard InChI is InChI=1S/C21H17ClN2O3/c1-27-19-11-10-16(22)13-18(19)24-21(26)23-17-9-5-8-15(12-17)20(25)14-6-3-2-4-7-14/h2-13H,1H3,(H2,23,24,26). The van der Waals surface area contributed by atoms with Gasteiger partial charge in [0.25, 0.3) is 0 Å². The Morgan fingerprint density at radius 2 is 1.59 bits per heavy atom. The van der Waals surface area contributed by atoms with Crippen molar-refractivity contribution in [2.24, 2.45) is 0 Å². The molecular formula is C21H17ClN2O3. The summed E-state index contributed by atoms with van der Waals surface area (Å²) in [4.78, 5) is 24.8. The van der Waals surface area contributed by atoms with E-state index in [0.29, 0.717) is 33.3 Å². The van der Waals surface area contributed by atoms with E-state index < -0.39 is 6.03 Å². The van der Waals surface area contributed by atoms with Gasteiger partial charge in [0.15, 0.2) is 5.78 Å². The first kappa shape index (κ1) is 18.5. The van der Waals surface area contributed by atoms with Gasteiger partial charge < -0.3 is 15.4 Å². The average molecular weight is 381 g/mol. The van der Waals surface area contributed by atoms with Gasteiger partial charge in [-0.2, -0.15) is 0 Å². The smallest absolute Gasteiger partial charge is 0.323 e. The highest BCUT2D eigenvalue weighted by atomic mass is 35.5. The van der Waals surface area contributed by atoms with Gasteiger partial charge in [-0.3, -0.25) is 4.79 Å². The Morgan fingerprint density at radius 1 is 0.852 bits per heavy atom. The van der Waals surface area contributed by atoms with Crippen molar-refractivity contribution in [3.63, 3.8) is 0 Å². The average Bonchev–Trinajstić information content (AvgIpc) is 2.68. The minimum atomic E-state index is -0.472. The van der Waals surface area contributed by atoms with Crippen molar-refractivity contribution in [1.29, 1.82) is 0 Å². The molecule has 0 aliphatic rings. The van der Waals surface area contributed by atoms with Gasteiger partial charge in [-0.25, -0.2) is 4.79 Å². The highest BCUT2D eigenvalue weighted by molar-refractivity contribution is 6.31. The van der Waals surface area contributed by atoms with Gasteiger partial charge in [0.05, 0.1) is 12.8 Å². The molecule has 0 unspecified atom stereocenters. The van der Waals surface area contributed by atoms with Crippen LogP contribution < -0.4 is 15.4 Å². The van der Waals surface area contributed by atoms with Crippen LogP contribution in [0.2, 0.25) is 5.02 Å². The lowest BCUT2D eigenvalue weighted by Crippen LogP contribution is -2.20. The zero-order valence-electron chi connectivity index (χ0n) is 14.5. The first-order valence-corrected chi connectivity index (χ1v) is 8.56. The number of hydrogen-bond donors (Lipinski definition) is 2. The lowest BCUT2D eigenvalue weighted by Gasteiger charge is -2.12. The fraction of sp³-hybridized carbons (Fsp3) is 0.0476. The maximum absolute atomic E-state index is 12.5. The number of halogens is 1. The molecule has 5 nitrogen and oxygen atoms in total. The van der Waals surface area contributed by atoms with E-state index in [1.807, 2.05) is 6.07 Å². The van der Waals surface area contributed by atoms with Gasteiger partial charge in [-0.05, 0) is 30.3 Å². The van der Waals surface area contributed by atoms with Crippen LogP contribution in [0.25, 0.3) is 0 Å². The molecule has 3 rings (SSSR count). The van der Waals surface area contributed by atoms with Crippen LogP contribution in [-0.2, 0) is 0 Å². The number of ketones is 1. The molecule has 6 heteroatoms. The van der Waals surface area contributed by atoms with E-state index in [1.54, 1.807) is 66.7 Å². The summed E-state index contributed by atoms with van der Waals surface area (Å²) < 4.78 is 5.21. The van der Waals surface area contributed by atoms with Crippen molar-refractivity contribution in [1.82, 2.24) is 0 Å². The van der Waals surface area contributed by atoms with E-state index >= 15 is 0 Å². The second-order valence-electron chi connectivity index (χ2n) is 5.70. The molecule has 0 fully saturated rings. The van der Waals surface area contributed by atoms with Gasteiger partial charge in [0.2, 0.25) is 0 Å². The van der Waals surface area contributed by atoms with Crippen LogP contribution in [0.1, 0.15) is 15.9 Å². The molecule has 0 atom stereocenters. The van der Waals surface area contributed by atoms with E-state index in [-0.39, 0.29) is 5.78 Å². The van der Waals surface area contributed by atoms with E-state index in [4.69, 9.17) is 16.3 Å². The predicted octanol–water partition coefficient (Wildman–Crippen LogP) is 5.22. The van der Waals surface area contributed by atoms with Crippen molar-refractivity contribution in [3.8, 4) is 5.75 Å². The second-order valence-corrected chi connectivity index (χ2v) is 6.14. The lowest BCUT2D eigenvalue weighted by atomic mass is 10.0. The van der Waals surface area contributed by atoms with Gasteiger partial charge in [0, 0.05) is 21.8 Å². The Kier molecular flexibility index (Phi) is 5.74. The number of amides is 2. The summed E-state index contributed by atoms with van der Waals surface area (Å²) in [6, 6.07) is 20.2. The van der Waals surface area contributed by atoms with Crippen LogP contribution in [0.3, 0.4) is 0 Å². The molecule has 0 aliphatic carbocycles. The number of urea groups is 1. The van der Waals surface area contributed by atoms with Crippen molar-refractivity contribution >= 4 is 34.8 Å². The molecular weight excluding hydrogens is 364 g/mol. The monoisotopic (exact) mass is 380 g/mol. The summed E-state index contributed by atoms with van der Waals surface area (Å²) in [5.74, 6) is 0.374. The van der Waals surface area contributed by atoms with Crippen molar-refractivity contribution in [3.05, 3.63) is 88.9 Å². The number of rotatable bonds is 5. The topological polar surface area (TPSA) is 67.4 Å². The van der Waals surface area contributed by atoms with Gasteiger partial charge in [-0.1, -0.05) is 54.1 Å². The number of nitrogens with one attached hydrogen (secondary N) is 2. The summed E-state index contributed by atoms with van der Waals surface area (Å²) in [6.07, 6.45) is 0. The summed E-state index contributed by atoms with van der Waals surface area (Å²) in [6.45, 7) is 0. The van der Waals surface area contributed by atoms with Gasteiger partial charge in [-0.15, -0.1) is 0 Å². The number of methoxy groups -OCH3 is 1. The van der Waals surface area contributed by atoms with Crippen LogP contribution in [0, 0.1) is 0 Å². The Balaban J connectivity index is 1.74. The first-order chi connectivity index (χ1) is 13.1. The predicted molar refractivity (Wildman–Crippen MR) is 107 cm³/mol. The molecule has 0 saturated carbocycles. The van der Waals surface area contributed by atoms with Gasteiger partial charge >= 0.3 is 6.03 Å². The zero-order chi connectivity index (χ0) is 19.2. The van der Waals surface area contributed by atoms with E-state index in [2.05, 4.69) is 10.6 Å². The molecule has 0 spiro atoms. The maximum atomic E-state index is 12.5. The Hall–Kier alpha value is -3.31. The SMILES string of the molecule is COc1ccc(Cl)cc1NC(=O)Nc1cccc(C(=O)c2ccccc2)c1. The molecule has 27 heavy (non-hydrogen) atoms. The number of ether oxygens (including phenoxy) is 1. The minimum Gasteiger partial charge on any atom is -0.495 e. The fourth-order valence-electron chi connectivity index (χ4n) is 2.56. The Morgan fingerprint density at radius 3 is 2.33 bits per heavy atom. The Labute approximate surface area is 161 Å². The van der Waals surface area contributed by atoms with Crippen LogP contribution in [-0.4, -0.2) is 18.9 Å². The zero-order valence-corrected chi connectivity index (χ0v) is 15.3. The lowest BCUT2D eigenvalue weighted by molar-refractivity contribution is 0.103. The maximum Gasteiger partial charge on any atom is 0.323 e. The first-order valence-electron chi connectivity index (χ1n) is 8.18. The van der Waals surface area contributed by atoms with Crippen LogP contribution in [0.5, 0.6) is 5.75 Å². The third kappa shape index (κ3) is 4.65. The molecule has 0 aromatic heterocycles. The number of carbonyl (C=O) groups is 2. The van der Waals surface area contributed by atoms with E-state index in [1.165, 1.54) is 7.11 Å². The summed E-state index contributed by atoms with van der Waals surface area (Å²) in [7, 11) is 1.50. The number of hydrogen-bond acceptors (Lipinski definition) is 3. The largest absolute Gasteiger partial charge is 0.495 e. The number of benzene rings is 3. The molecule has 136 valence electrons. The molecule has 0 heterocycles. The van der Waals surface area contributed by atoms with Crippen LogP contribution >= 0.6 is 11.6 Å². The molecule has 2 amide bonds. The molecule has 3 aromatic rings. The Bertz CT molecular complexity index is 974. The quantitative estimate of drug-likeness (QED) is 0.596. The molecule has 3 aromatic carbocycles. The van der Waals surface area contributed by atoms with Crippen molar-refractivity contribution in [2.75, 3.05) is 17.7 Å².